The lowest BCUT2D eigenvalue weighted by molar-refractivity contribution is -0.115. The number of rotatable bonds is 8. The number of benzene rings is 2. The number of nitrogens with zero attached hydrogens (tertiary/aromatic N) is 2. The van der Waals surface area contributed by atoms with E-state index in [1.54, 1.807) is 32.0 Å². The molecule has 0 bridgehead atoms. The monoisotopic (exact) mass is 530 g/mol. The van der Waals surface area contributed by atoms with Gasteiger partial charge in [0.05, 0.1) is 24.5 Å². The molecule has 188 valence electrons. The summed E-state index contributed by atoms with van der Waals surface area (Å²) in [6.07, 6.45) is 2.15. The predicted octanol–water partition coefficient (Wildman–Crippen LogP) is 6.36. The zero-order valence-electron chi connectivity index (χ0n) is 20.4. The van der Waals surface area contributed by atoms with Crippen LogP contribution in [0.25, 0.3) is 0 Å². The fourth-order valence-corrected chi connectivity index (χ4v) is 5.39. The van der Waals surface area contributed by atoms with Crippen LogP contribution in [0.2, 0.25) is 0 Å². The second kappa shape index (κ2) is 11.1. The Hall–Kier alpha value is -3.82. The number of carbonyl (C=O) groups is 1. The van der Waals surface area contributed by atoms with Crippen molar-refractivity contribution < 1.29 is 13.9 Å². The van der Waals surface area contributed by atoms with Gasteiger partial charge in [-0.25, -0.2) is 0 Å². The van der Waals surface area contributed by atoms with E-state index in [9.17, 15) is 4.79 Å². The Bertz CT molecular complexity index is 1400. The average molecular weight is 531 g/mol. The summed E-state index contributed by atoms with van der Waals surface area (Å²) in [7, 11) is 1.58. The SMILES string of the molecule is CCC(=O)Nc1ccc(N2C(=S)N[C@@H](c3ccccn3)[C@H]2c2ccc(Sc3ccccc3)o2)cc1OC. The van der Waals surface area contributed by atoms with Gasteiger partial charge < -0.3 is 24.7 Å². The molecule has 2 aromatic heterocycles. The molecule has 0 aliphatic carbocycles. The van der Waals surface area contributed by atoms with Gasteiger partial charge >= 0.3 is 0 Å². The molecule has 1 amide bonds. The number of hydrogen-bond donors (Lipinski definition) is 2. The maximum atomic E-state index is 12.0. The van der Waals surface area contributed by atoms with Crippen LogP contribution in [0, 0.1) is 0 Å². The predicted molar refractivity (Wildman–Crippen MR) is 149 cm³/mol. The van der Waals surface area contributed by atoms with E-state index in [-0.39, 0.29) is 18.0 Å². The Labute approximate surface area is 225 Å². The van der Waals surface area contributed by atoms with Crippen molar-refractivity contribution in [1.82, 2.24) is 10.3 Å². The summed E-state index contributed by atoms with van der Waals surface area (Å²) in [4.78, 5) is 19.7. The van der Waals surface area contributed by atoms with Gasteiger partial charge in [0.1, 0.15) is 17.6 Å². The summed E-state index contributed by atoms with van der Waals surface area (Å²) in [5, 5.41) is 7.65. The van der Waals surface area contributed by atoms with Gasteiger partial charge in [0.25, 0.3) is 0 Å². The van der Waals surface area contributed by atoms with Crippen LogP contribution in [0.4, 0.5) is 11.4 Å². The van der Waals surface area contributed by atoms with E-state index < -0.39 is 0 Å². The van der Waals surface area contributed by atoms with Crippen molar-refractivity contribution in [2.45, 2.75) is 35.4 Å². The number of nitrogens with one attached hydrogen (secondary N) is 2. The quantitative estimate of drug-likeness (QED) is 0.255. The molecular formula is C28H26N4O3S2. The van der Waals surface area contributed by atoms with Gasteiger partial charge in [0, 0.05) is 29.3 Å². The van der Waals surface area contributed by atoms with E-state index in [0.717, 1.165) is 27.1 Å². The van der Waals surface area contributed by atoms with Crippen LogP contribution in [-0.4, -0.2) is 23.1 Å². The molecular weight excluding hydrogens is 504 g/mol. The van der Waals surface area contributed by atoms with Crippen molar-refractivity contribution in [2.24, 2.45) is 0 Å². The molecule has 1 aliphatic heterocycles. The van der Waals surface area contributed by atoms with Crippen LogP contribution >= 0.6 is 24.0 Å². The molecule has 3 heterocycles. The highest BCUT2D eigenvalue weighted by Crippen LogP contribution is 2.44. The first-order chi connectivity index (χ1) is 18.1. The number of pyridine rings is 1. The Balaban J connectivity index is 1.53. The molecule has 2 N–H and O–H groups in total. The number of anilines is 2. The molecule has 2 aromatic carbocycles. The zero-order valence-corrected chi connectivity index (χ0v) is 22.0. The third-order valence-electron chi connectivity index (χ3n) is 6.01. The molecule has 0 spiro atoms. The van der Waals surface area contributed by atoms with Gasteiger partial charge in [-0.15, -0.1) is 0 Å². The Morgan fingerprint density at radius 3 is 2.68 bits per heavy atom. The number of methoxy groups -OCH3 is 1. The van der Waals surface area contributed by atoms with Crippen molar-refractivity contribution in [2.75, 3.05) is 17.3 Å². The summed E-state index contributed by atoms with van der Waals surface area (Å²) < 4.78 is 12.0. The standard InChI is InChI=1S/C28H26N4O3S2/c1-3-24(33)30-20-13-12-18(17-23(20)34-2)32-27(26(31-28(32)36)21-11-7-8-16-29-21)22-14-15-25(35-22)37-19-9-5-4-6-10-19/h4-17,26-27H,3H2,1-2H3,(H,30,33)(H,31,36)/t26-,27+/m0/s1. The van der Waals surface area contributed by atoms with Crippen LogP contribution in [-0.2, 0) is 4.79 Å². The number of thiocarbonyl (C=S) groups is 1. The normalized spacial score (nSPS) is 16.9. The first-order valence-corrected chi connectivity index (χ1v) is 13.1. The van der Waals surface area contributed by atoms with Gasteiger partial charge in [-0.1, -0.05) is 43.0 Å². The van der Waals surface area contributed by atoms with Gasteiger partial charge in [-0.2, -0.15) is 0 Å². The van der Waals surface area contributed by atoms with Crippen LogP contribution in [0.3, 0.4) is 0 Å². The molecule has 5 rings (SSSR count). The largest absolute Gasteiger partial charge is 0.494 e. The molecule has 0 unspecified atom stereocenters. The van der Waals surface area contributed by atoms with E-state index in [1.165, 1.54) is 0 Å². The molecule has 1 fully saturated rings. The minimum absolute atomic E-state index is 0.0865. The summed E-state index contributed by atoms with van der Waals surface area (Å²) >= 11 is 7.38. The number of carbonyl (C=O) groups excluding carboxylic acids is 1. The summed E-state index contributed by atoms with van der Waals surface area (Å²) in [5.41, 5.74) is 2.26. The third-order valence-corrected chi connectivity index (χ3v) is 7.25. The number of ether oxygens (including phenoxy) is 1. The van der Waals surface area contributed by atoms with Gasteiger partial charge in [-0.05, 0) is 60.7 Å². The maximum absolute atomic E-state index is 12.0. The molecule has 2 atom stereocenters. The van der Waals surface area contributed by atoms with Crippen molar-refractivity contribution in [3.05, 3.63) is 96.5 Å². The first-order valence-electron chi connectivity index (χ1n) is 11.9. The number of furan rings is 1. The topological polar surface area (TPSA) is 79.6 Å². The number of hydrogen-bond acceptors (Lipinski definition) is 6. The van der Waals surface area contributed by atoms with Gasteiger partial charge in [-0.3, -0.25) is 9.78 Å². The Morgan fingerprint density at radius 1 is 1.14 bits per heavy atom. The molecule has 0 saturated carbocycles. The van der Waals surface area contributed by atoms with Crippen molar-refractivity contribution in [3.8, 4) is 5.75 Å². The maximum Gasteiger partial charge on any atom is 0.224 e. The Morgan fingerprint density at radius 2 is 1.95 bits per heavy atom. The summed E-state index contributed by atoms with van der Waals surface area (Å²) in [5.74, 6) is 1.21. The van der Waals surface area contributed by atoms with E-state index in [4.69, 9.17) is 21.4 Å². The molecule has 0 radical (unpaired) electrons. The summed E-state index contributed by atoms with van der Waals surface area (Å²) in [6.45, 7) is 1.81. The first kappa shape index (κ1) is 24.9. The van der Waals surface area contributed by atoms with Crippen LogP contribution in [0.15, 0.2) is 99.5 Å². The fraction of sp³-hybridized carbons (Fsp3) is 0.179. The van der Waals surface area contributed by atoms with E-state index in [1.807, 2.05) is 83.8 Å². The lowest BCUT2D eigenvalue weighted by Gasteiger charge is -2.26. The molecule has 9 heteroatoms. The van der Waals surface area contributed by atoms with Crippen molar-refractivity contribution >= 4 is 46.4 Å². The highest BCUT2D eigenvalue weighted by molar-refractivity contribution is 7.99. The number of amides is 1. The molecule has 7 nitrogen and oxygen atoms in total. The minimum Gasteiger partial charge on any atom is -0.494 e. The average Bonchev–Trinajstić information content (AvgIpc) is 3.53. The fourth-order valence-electron chi connectivity index (χ4n) is 4.25. The van der Waals surface area contributed by atoms with Gasteiger partial charge in [0.15, 0.2) is 10.2 Å². The minimum atomic E-state index is -0.298. The molecule has 1 saturated heterocycles. The lowest BCUT2D eigenvalue weighted by atomic mass is 10.0. The smallest absolute Gasteiger partial charge is 0.224 e. The van der Waals surface area contributed by atoms with Gasteiger partial charge in [0.2, 0.25) is 5.91 Å². The second-order valence-electron chi connectivity index (χ2n) is 8.35. The summed E-state index contributed by atoms with van der Waals surface area (Å²) in [6, 6.07) is 25.0. The molecule has 37 heavy (non-hydrogen) atoms. The second-order valence-corrected chi connectivity index (χ2v) is 9.82. The highest BCUT2D eigenvalue weighted by Gasteiger charge is 2.42. The van der Waals surface area contributed by atoms with E-state index >= 15 is 0 Å². The van der Waals surface area contributed by atoms with E-state index in [2.05, 4.69) is 15.6 Å². The molecule has 1 aliphatic rings. The number of aromatic nitrogens is 1. The van der Waals surface area contributed by atoms with Crippen LogP contribution < -0.4 is 20.3 Å². The van der Waals surface area contributed by atoms with Crippen molar-refractivity contribution in [1.29, 1.82) is 0 Å². The van der Waals surface area contributed by atoms with Crippen LogP contribution in [0.1, 0.15) is 36.9 Å². The lowest BCUT2D eigenvalue weighted by Crippen LogP contribution is -2.29. The zero-order chi connectivity index (χ0) is 25.8. The van der Waals surface area contributed by atoms with E-state index in [0.29, 0.717) is 23.0 Å². The van der Waals surface area contributed by atoms with Crippen LogP contribution in [0.5, 0.6) is 5.75 Å². The highest BCUT2D eigenvalue weighted by atomic mass is 32.2. The third kappa shape index (κ3) is 5.33. The molecule has 4 aromatic rings. The Kier molecular flexibility index (Phi) is 7.43. The van der Waals surface area contributed by atoms with Crippen molar-refractivity contribution in [3.63, 3.8) is 0 Å².